The van der Waals surface area contributed by atoms with Crippen molar-refractivity contribution in [3.8, 4) is 5.75 Å². The molecule has 4 aromatic rings. The van der Waals surface area contributed by atoms with Crippen molar-refractivity contribution in [2.75, 3.05) is 4.90 Å². The van der Waals surface area contributed by atoms with Crippen molar-refractivity contribution in [1.82, 2.24) is 0 Å². The first kappa shape index (κ1) is 25.0. The third kappa shape index (κ3) is 4.71. The molecule has 1 unspecified atom stereocenters. The van der Waals surface area contributed by atoms with Crippen LogP contribution in [0.15, 0.2) is 103 Å². The highest BCUT2D eigenvalue weighted by Crippen LogP contribution is 2.42. The van der Waals surface area contributed by atoms with Gasteiger partial charge in [0.25, 0.3) is 11.7 Å². The minimum absolute atomic E-state index is 0.0665. The molecule has 0 aliphatic carbocycles. The van der Waals surface area contributed by atoms with Crippen LogP contribution in [0.5, 0.6) is 5.75 Å². The van der Waals surface area contributed by atoms with Crippen LogP contribution in [0.1, 0.15) is 39.4 Å². The van der Waals surface area contributed by atoms with Gasteiger partial charge in [-0.3, -0.25) is 14.5 Å². The molecule has 5 rings (SSSR count). The van der Waals surface area contributed by atoms with Crippen molar-refractivity contribution >= 4 is 23.1 Å². The van der Waals surface area contributed by atoms with E-state index < -0.39 is 17.7 Å². The average molecular weight is 504 g/mol. The molecule has 0 aromatic heterocycles. The minimum atomic E-state index is -0.757. The van der Waals surface area contributed by atoms with E-state index in [9.17, 15) is 14.7 Å². The number of Topliss-reactive ketones (excluding diaryl/α,β-unsaturated/α-hetero) is 1. The molecular weight excluding hydrogens is 474 g/mol. The SMILES string of the molecule is Cc1ccc(N2C(=O)C(=O)/C(=C(/O)c3ccc(OCc4ccccc4)c(C)c3)C2c2ccccc2)cc1C. The normalized spacial score (nSPS) is 16.6. The first-order valence-corrected chi connectivity index (χ1v) is 12.6. The lowest BCUT2D eigenvalue weighted by molar-refractivity contribution is -0.132. The van der Waals surface area contributed by atoms with Gasteiger partial charge in [0.2, 0.25) is 0 Å². The summed E-state index contributed by atoms with van der Waals surface area (Å²) < 4.78 is 5.98. The third-order valence-corrected chi connectivity index (χ3v) is 7.01. The van der Waals surface area contributed by atoms with Gasteiger partial charge in [-0.25, -0.2) is 0 Å². The number of hydrogen-bond donors (Lipinski definition) is 1. The van der Waals surface area contributed by atoms with Crippen molar-refractivity contribution in [2.24, 2.45) is 0 Å². The number of carbonyl (C=O) groups is 2. The van der Waals surface area contributed by atoms with Crippen LogP contribution in [0.25, 0.3) is 5.76 Å². The van der Waals surface area contributed by atoms with E-state index in [1.54, 1.807) is 18.2 Å². The van der Waals surface area contributed by atoms with Crippen molar-refractivity contribution < 1.29 is 19.4 Å². The van der Waals surface area contributed by atoms with Crippen LogP contribution in [0.3, 0.4) is 0 Å². The number of aryl methyl sites for hydroxylation is 3. The van der Waals surface area contributed by atoms with E-state index in [1.165, 1.54) is 4.90 Å². The number of rotatable bonds is 6. The molecule has 190 valence electrons. The Morgan fingerprint density at radius 3 is 2.13 bits per heavy atom. The number of anilines is 1. The summed E-state index contributed by atoms with van der Waals surface area (Å²) in [5.74, 6) is -0.901. The topological polar surface area (TPSA) is 66.8 Å². The molecule has 4 aromatic carbocycles. The maximum absolute atomic E-state index is 13.4. The summed E-state index contributed by atoms with van der Waals surface area (Å²) in [5, 5.41) is 11.5. The molecule has 38 heavy (non-hydrogen) atoms. The zero-order valence-corrected chi connectivity index (χ0v) is 21.6. The van der Waals surface area contributed by atoms with Crippen LogP contribution in [0.4, 0.5) is 5.69 Å². The lowest BCUT2D eigenvalue weighted by Gasteiger charge is -2.26. The number of aliphatic hydroxyl groups excluding tert-OH is 1. The van der Waals surface area contributed by atoms with E-state index in [0.29, 0.717) is 23.6 Å². The number of ether oxygens (including phenoxy) is 1. The van der Waals surface area contributed by atoms with Crippen LogP contribution in [0.2, 0.25) is 0 Å². The minimum Gasteiger partial charge on any atom is -0.507 e. The second kappa shape index (κ2) is 10.4. The molecule has 1 amide bonds. The predicted octanol–water partition coefficient (Wildman–Crippen LogP) is 6.82. The summed E-state index contributed by atoms with van der Waals surface area (Å²) >= 11 is 0. The Hall–Kier alpha value is -4.64. The average Bonchev–Trinajstić information content (AvgIpc) is 3.20. The van der Waals surface area contributed by atoms with Crippen LogP contribution in [-0.2, 0) is 16.2 Å². The molecule has 5 nitrogen and oxygen atoms in total. The van der Waals surface area contributed by atoms with Gasteiger partial charge in [-0.1, -0.05) is 66.7 Å². The second-order valence-electron chi connectivity index (χ2n) is 9.60. The number of ketones is 1. The number of nitrogens with zero attached hydrogens (tertiary/aromatic N) is 1. The number of amides is 1. The van der Waals surface area contributed by atoms with Crippen molar-refractivity contribution in [3.63, 3.8) is 0 Å². The Labute approximate surface area is 222 Å². The Balaban J connectivity index is 1.55. The predicted molar refractivity (Wildman–Crippen MR) is 149 cm³/mol. The van der Waals surface area contributed by atoms with Crippen molar-refractivity contribution in [2.45, 2.75) is 33.4 Å². The second-order valence-corrected chi connectivity index (χ2v) is 9.60. The zero-order chi connectivity index (χ0) is 26.8. The lowest BCUT2D eigenvalue weighted by atomic mass is 9.94. The number of carbonyl (C=O) groups excluding carboxylic acids is 2. The van der Waals surface area contributed by atoms with Gasteiger partial charge in [0.1, 0.15) is 18.1 Å². The molecule has 1 atom stereocenters. The van der Waals surface area contributed by atoms with Gasteiger partial charge in [-0.2, -0.15) is 0 Å². The first-order valence-electron chi connectivity index (χ1n) is 12.6. The molecule has 1 aliphatic heterocycles. The molecule has 0 saturated carbocycles. The summed E-state index contributed by atoms with van der Waals surface area (Å²) in [6.07, 6.45) is 0. The maximum Gasteiger partial charge on any atom is 0.300 e. The molecule has 5 heteroatoms. The highest BCUT2D eigenvalue weighted by Gasteiger charge is 2.47. The fourth-order valence-corrected chi connectivity index (χ4v) is 4.77. The quantitative estimate of drug-likeness (QED) is 0.178. The van der Waals surface area contributed by atoms with Crippen LogP contribution in [-0.4, -0.2) is 16.8 Å². The summed E-state index contributed by atoms with van der Waals surface area (Å²) in [4.78, 5) is 28.3. The molecule has 1 fully saturated rings. The van der Waals surface area contributed by atoms with Crippen LogP contribution < -0.4 is 9.64 Å². The van der Waals surface area contributed by atoms with Crippen molar-refractivity contribution in [3.05, 3.63) is 136 Å². The molecular formula is C33H29NO4. The Morgan fingerprint density at radius 2 is 1.47 bits per heavy atom. The molecule has 1 heterocycles. The highest BCUT2D eigenvalue weighted by molar-refractivity contribution is 6.51. The first-order chi connectivity index (χ1) is 18.3. The van der Waals surface area contributed by atoms with E-state index in [0.717, 1.165) is 27.8 Å². The van der Waals surface area contributed by atoms with E-state index in [1.807, 2.05) is 99.6 Å². The summed E-state index contributed by atoms with van der Waals surface area (Å²) in [5.41, 5.74) is 5.84. The molecule has 1 N–H and O–H groups in total. The van der Waals surface area contributed by atoms with E-state index in [2.05, 4.69) is 0 Å². The largest absolute Gasteiger partial charge is 0.507 e. The van der Waals surface area contributed by atoms with Crippen LogP contribution in [0, 0.1) is 20.8 Å². The number of benzene rings is 4. The maximum atomic E-state index is 13.4. The van der Waals surface area contributed by atoms with E-state index >= 15 is 0 Å². The molecule has 1 aliphatic rings. The molecule has 1 saturated heterocycles. The fourth-order valence-electron chi connectivity index (χ4n) is 4.77. The van der Waals surface area contributed by atoms with Gasteiger partial charge >= 0.3 is 0 Å². The molecule has 0 radical (unpaired) electrons. The summed E-state index contributed by atoms with van der Waals surface area (Å²) in [7, 11) is 0. The Morgan fingerprint density at radius 1 is 0.789 bits per heavy atom. The standard InChI is InChI=1S/C33H29NO4/c1-21-14-16-27(19-22(21)2)34-30(25-12-8-5-9-13-25)29(32(36)33(34)37)31(35)26-15-17-28(23(3)18-26)38-20-24-10-6-4-7-11-24/h4-19,30,35H,20H2,1-3H3/b31-29+. The van der Waals surface area contributed by atoms with Gasteiger partial charge < -0.3 is 9.84 Å². The van der Waals surface area contributed by atoms with E-state index in [4.69, 9.17) is 4.74 Å². The van der Waals surface area contributed by atoms with Gasteiger partial charge in [0.05, 0.1) is 11.6 Å². The van der Waals surface area contributed by atoms with E-state index in [-0.39, 0.29) is 11.3 Å². The van der Waals surface area contributed by atoms with Crippen LogP contribution >= 0.6 is 0 Å². The highest BCUT2D eigenvalue weighted by atomic mass is 16.5. The Bertz CT molecular complexity index is 1540. The zero-order valence-electron chi connectivity index (χ0n) is 21.6. The summed E-state index contributed by atoms with van der Waals surface area (Å²) in [6, 6.07) is 29.4. The van der Waals surface area contributed by atoms with Gasteiger partial charge in [0, 0.05) is 11.3 Å². The molecule has 0 spiro atoms. The number of hydrogen-bond acceptors (Lipinski definition) is 4. The monoisotopic (exact) mass is 503 g/mol. The van der Waals surface area contributed by atoms with Crippen molar-refractivity contribution in [1.29, 1.82) is 0 Å². The van der Waals surface area contributed by atoms with Gasteiger partial charge in [-0.15, -0.1) is 0 Å². The lowest BCUT2D eigenvalue weighted by Crippen LogP contribution is -2.29. The molecule has 0 bridgehead atoms. The smallest absolute Gasteiger partial charge is 0.300 e. The fraction of sp³-hybridized carbons (Fsp3) is 0.152. The number of aliphatic hydroxyl groups is 1. The van der Waals surface area contributed by atoms with Gasteiger partial charge in [-0.05, 0) is 78.9 Å². The third-order valence-electron chi connectivity index (χ3n) is 7.01. The van der Waals surface area contributed by atoms with Gasteiger partial charge in [0.15, 0.2) is 0 Å². The summed E-state index contributed by atoms with van der Waals surface area (Å²) in [6.45, 7) is 6.27. The Kier molecular flexibility index (Phi) is 6.84.